The van der Waals surface area contributed by atoms with Crippen LogP contribution in [0.5, 0.6) is 0 Å². The van der Waals surface area contributed by atoms with E-state index in [-0.39, 0.29) is 18.8 Å². The number of rotatable bonds is 6. The van der Waals surface area contributed by atoms with Crippen molar-refractivity contribution in [3.63, 3.8) is 0 Å². The molecule has 0 aromatic carbocycles. The van der Waals surface area contributed by atoms with Crippen LogP contribution in [0.1, 0.15) is 13.3 Å². The molecule has 12 heavy (non-hydrogen) atoms. The van der Waals surface area contributed by atoms with Gasteiger partial charge in [0.1, 0.15) is 12.6 Å². The van der Waals surface area contributed by atoms with Crippen LogP contribution in [0, 0.1) is 5.92 Å². The van der Waals surface area contributed by atoms with E-state index in [1.165, 1.54) is 6.92 Å². The van der Waals surface area contributed by atoms with E-state index in [2.05, 4.69) is 4.74 Å². The molecule has 0 aromatic rings. The van der Waals surface area contributed by atoms with Gasteiger partial charge in [-0.2, -0.15) is 0 Å². The Bertz CT molecular complexity index is 165. The summed E-state index contributed by atoms with van der Waals surface area (Å²) >= 11 is 0. The predicted molar refractivity (Wildman–Crippen MR) is 39.5 cm³/mol. The fourth-order valence-electron chi connectivity index (χ4n) is 0.759. The second kappa shape index (κ2) is 5.68. The van der Waals surface area contributed by atoms with Gasteiger partial charge < -0.3 is 19.7 Å². The lowest BCUT2D eigenvalue weighted by atomic mass is 10.1. The zero-order valence-electron chi connectivity index (χ0n) is 6.82. The normalized spacial score (nSPS) is 12.5. The second-order valence-corrected chi connectivity index (χ2v) is 2.44. The van der Waals surface area contributed by atoms with Crippen LogP contribution in [0.25, 0.3) is 0 Å². The Hall–Kier alpha value is -0.940. The molecule has 0 amide bonds. The zero-order chi connectivity index (χ0) is 9.56. The van der Waals surface area contributed by atoms with Gasteiger partial charge in [-0.1, -0.05) is 0 Å². The molecule has 70 valence electrons. The maximum Gasteiger partial charge on any atom is 0.309 e. The molecule has 0 radical (unpaired) electrons. The Kier molecular flexibility index (Phi) is 5.23. The molecule has 0 heterocycles. The fourth-order valence-corrected chi connectivity index (χ4v) is 0.759. The molecule has 0 aliphatic carbocycles. The first-order valence-electron chi connectivity index (χ1n) is 3.48. The third-order valence-electron chi connectivity index (χ3n) is 1.29. The number of ether oxygens (including phenoxy) is 1. The number of hydrogen-bond donors (Lipinski definition) is 2. The van der Waals surface area contributed by atoms with Gasteiger partial charge in [0.25, 0.3) is 0 Å². The van der Waals surface area contributed by atoms with Gasteiger partial charge in [0.2, 0.25) is 0 Å². The van der Waals surface area contributed by atoms with Gasteiger partial charge in [-0.15, -0.1) is 0 Å². The monoisotopic (exact) mass is 176 g/mol. The highest BCUT2D eigenvalue weighted by Crippen LogP contribution is 2.04. The Morgan fingerprint density at radius 1 is 1.50 bits per heavy atom. The predicted octanol–water partition coefficient (Wildman–Crippen LogP) is -0.367. The molecule has 0 aliphatic heterocycles. The second-order valence-electron chi connectivity index (χ2n) is 2.44. The van der Waals surface area contributed by atoms with Crippen molar-refractivity contribution in [3.8, 4) is 0 Å². The van der Waals surface area contributed by atoms with Crippen molar-refractivity contribution in [2.45, 2.75) is 13.3 Å². The highest BCUT2D eigenvalue weighted by molar-refractivity contribution is 5.82. The van der Waals surface area contributed by atoms with E-state index in [1.54, 1.807) is 0 Å². The number of ketones is 1. The minimum atomic E-state index is -1.08. The van der Waals surface area contributed by atoms with Crippen LogP contribution in [-0.4, -0.2) is 35.4 Å². The largest absolute Gasteiger partial charge is 0.481 e. The Morgan fingerprint density at radius 3 is 2.42 bits per heavy atom. The van der Waals surface area contributed by atoms with Crippen molar-refractivity contribution in [1.82, 2.24) is 0 Å². The molecule has 0 aromatic heterocycles. The molecular formula is C7H12O5. The van der Waals surface area contributed by atoms with E-state index in [4.69, 9.17) is 10.2 Å². The van der Waals surface area contributed by atoms with Gasteiger partial charge in [-0.05, 0) is 6.92 Å². The Labute approximate surface area is 70.0 Å². The third kappa shape index (κ3) is 4.81. The summed E-state index contributed by atoms with van der Waals surface area (Å²) in [5.41, 5.74) is 0. The summed E-state index contributed by atoms with van der Waals surface area (Å²) in [6, 6.07) is 0. The number of carboxylic acid groups (broad SMARTS) is 1. The minimum absolute atomic E-state index is 0.0602. The molecular weight excluding hydrogens is 164 g/mol. The molecule has 1 atom stereocenters. The number of aliphatic hydroxyl groups excluding tert-OH is 1. The van der Waals surface area contributed by atoms with Gasteiger partial charge in [0.15, 0.2) is 0 Å². The topological polar surface area (TPSA) is 83.8 Å². The molecule has 0 rings (SSSR count). The molecule has 5 nitrogen and oxygen atoms in total. The fraction of sp³-hybridized carbons (Fsp3) is 0.714. The van der Waals surface area contributed by atoms with Crippen molar-refractivity contribution in [2.24, 2.45) is 5.92 Å². The van der Waals surface area contributed by atoms with Gasteiger partial charge in [0.05, 0.1) is 12.5 Å². The van der Waals surface area contributed by atoms with Gasteiger partial charge in [0, 0.05) is 6.42 Å². The van der Waals surface area contributed by atoms with Crippen LogP contribution in [0.4, 0.5) is 0 Å². The van der Waals surface area contributed by atoms with E-state index >= 15 is 0 Å². The minimum Gasteiger partial charge on any atom is -0.481 e. The van der Waals surface area contributed by atoms with Crippen molar-refractivity contribution < 1.29 is 24.5 Å². The first-order chi connectivity index (χ1) is 5.57. The lowest BCUT2D eigenvalue weighted by Crippen LogP contribution is -2.22. The number of Topliss-reactive ketones (excluding diaryl/α,β-unsaturated/α-hetero) is 1. The van der Waals surface area contributed by atoms with Crippen LogP contribution < -0.4 is 0 Å². The van der Waals surface area contributed by atoms with Crippen LogP contribution in [-0.2, 0) is 14.3 Å². The standard InChI is InChI=1S/C7H12O5/c1-5(9)2-6(7(10)11)3-12-4-8/h6,8H,2-4H2,1H3,(H,10,11). The Balaban J connectivity index is 3.87. The van der Waals surface area contributed by atoms with Crippen molar-refractivity contribution >= 4 is 11.8 Å². The molecule has 0 saturated heterocycles. The van der Waals surface area contributed by atoms with Crippen LogP contribution in [0.15, 0.2) is 0 Å². The molecule has 2 N–H and O–H groups in total. The quantitative estimate of drug-likeness (QED) is 0.539. The van der Waals surface area contributed by atoms with E-state index < -0.39 is 18.7 Å². The van der Waals surface area contributed by atoms with E-state index in [9.17, 15) is 9.59 Å². The highest BCUT2D eigenvalue weighted by Gasteiger charge is 2.19. The van der Waals surface area contributed by atoms with Gasteiger partial charge in [-0.25, -0.2) is 0 Å². The summed E-state index contributed by atoms with van der Waals surface area (Å²) in [5, 5.41) is 16.8. The number of carbonyl (C=O) groups is 2. The lowest BCUT2D eigenvalue weighted by Gasteiger charge is -2.08. The smallest absolute Gasteiger partial charge is 0.309 e. The zero-order valence-corrected chi connectivity index (χ0v) is 6.82. The SMILES string of the molecule is CC(=O)CC(COCO)C(=O)O. The molecule has 5 heteroatoms. The summed E-state index contributed by atoms with van der Waals surface area (Å²) in [4.78, 5) is 21.0. The number of aliphatic hydroxyl groups is 1. The number of aliphatic carboxylic acids is 1. The van der Waals surface area contributed by atoms with E-state index in [0.717, 1.165) is 0 Å². The summed E-state index contributed by atoms with van der Waals surface area (Å²) in [5.74, 6) is -2.14. The maximum atomic E-state index is 10.5. The lowest BCUT2D eigenvalue weighted by molar-refractivity contribution is -0.147. The van der Waals surface area contributed by atoms with E-state index in [0.29, 0.717) is 0 Å². The number of carbonyl (C=O) groups excluding carboxylic acids is 1. The average Bonchev–Trinajstić information content (AvgIpc) is 1.96. The van der Waals surface area contributed by atoms with Gasteiger partial charge >= 0.3 is 5.97 Å². The molecule has 1 unspecified atom stereocenters. The molecule has 0 fully saturated rings. The Morgan fingerprint density at radius 2 is 2.08 bits per heavy atom. The summed E-state index contributed by atoms with van der Waals surface area (Å²) in [7, 11) is 0. The van der Waals surface area contributed by atoms with Crippen LogP contribution in [0.3, 0.4) is 0 Å². The van der Waals surface area contributed by atoms with Gasteiger partial charge in [-0.3, -0.25) is 4.79 Å². The average molecular weight is 176 g/mol. The first-order valence-corrected chi connectivity index (χ1v) is 3.48. The molecule has 0 bridgehead atoms. The van der Waals surface area contributed by atoms with Crippen molar-refractivity contribution in [3.05, 3.63) is 0 Å². The maximum absolute atomic E-state index is 10.5. The van der Waals surface area contributed by atoms with Crippen molar-refractivity contribution in [2.75, 3.05) is 13.4 Å². The number of hydrogen-bond acceptors (Lipinski definition) is 4. The molecule has 0 spiro atoms. The summed E-state index contributed by atoms with van der Waals surface area (Å²) in [6.45, 7) is 0.655. The highest BCUT2D eigenvalue weighted by atomic mass is 16.6. The first kappa shape index (κ1) is 11.1. The summed E-state index contributed by atoms with van der Waals surface area (Å²) in [6.07, 6.45) is -0.0602. The number of carboxylic acids is 1. The van der Waals surface area contributed by atoms with E-state index in [1.807, 2.05) is 0 Å². The van der Waals surface area contributed by atoms with Crippen LogP contribution in [0.2, 0.25) is 0 Å². The molecule has 0 aliphatic rings. The summed E-state index contributed by atoms with van der Waals surface area (Å²) < 4.78 is 4.48. The third-order valence-corrected chi connectivity index (χ3v) is 1.29. The van der Waals surface area contributed by atoms with Crippen LogP contribution >= 0.6 is 0 Å². The molecule has 0 saturated carbocycles. The van der Waals surface area contributed by atoms with Crippen molar-refractivity contribution in [1.29, 1.82) is 0 Å².